The van der Waals surface area contributed by atoms with E-state index in [0.29, 0.717) is 19.4 Å². The van der Waals surface area contributed by atoms with Crippen molar-refractivity contribution in [1.29, 1.82) is 0 Å². The summed E-state index contributed by atoms with van der Waals surface area (Å²) < 4.78 is 0. The topological polar surface area (TPSA) is 78.6 Å². The van der Waals surface area contributed by atoms with Crippen molar-refractivity contribution in [2.75, 3.05) is 19.6 Å². The fourth-order valence-corrected chi connectivity index (χ4v) is 2.68. The number of rotatable bonds is 7. The van der Waals surface area contributed by atoms with Crippen LogP contribution in [-0.2, 0) is 4.79 Å². The Morgan fingerprint density at radius 3 is 2.47 bits per heavy atom. The fourth-order valence-electron chi connectivity index (χ4n) is 2.68. The van der Waals surface area contributed by atoms with Crippen molar-refractivity contribution in [2.45, 2.75) is 64.1 Å². The van der Waals surface area contributed by atoms with Gasteiger partial charge in [0.1, 0.15) is 0 Å². The van der Waals surface area contributed by atoms with Crippen LogP contribution in [0.1, 0.15) is 46.0 Å². The maximum atomic E-state index is 12.2. The number of nitrogens with two attached hydrogens (primary N) is 1. The third kappa shape index (κ3) is 6.36. The summed E-state index contributed by atoms with van der Waals surface area (Å²) in [5.74, 6) is 0.201. The first kappa shape index (κ1) is 16.4. The Bertz CT molecular complexity index is 265. The van der Waals surface area contributed by atoms with E-state index in [1.807, 2.05) is 11.8 Å². The van der Waals surface area contributed by atoms with Crippen LogP contribution in [0.25, 0.3) is 0 Å². The predicted molar refractivity (Wildman–Crippen MR) is 76.8 cm³/mol. The van der Waals surface area contributed by atoms with Gasteiger partial charge < -0.3 is 21.1 Å². The average Bonchev–Trinajstić information content (AvgIpc) is 2.37. The number of hydrogen-bond donors (Lipinski definition) is 3. The lowest BCUT2D eigenvalue weighted by atomic mass is 10.1. The molecule has 1 aliphatic heterocycles. The molecule has 19 heavy (non-hydrogen) atoms. The molecule has 0 bridgehead atoms. The molecular formula is C14H29N3O2. The van der Waals surface area contributed by atoms with Crippen molar-refractivity contribution in [2.24, 2.45) is 5.73 Å². The minimum absolute atomic E-state index is 0.00294. The van der Waals surface area contributed by atoms with Crippen molar-refractivity contribution >= 4 is 5.91 Å². The number of likely N-dealkylation sites (tertiary alicyclic amines) is 1. The molecule has 0 aromatic carbocycles. The first-order chi connectivity index (χ1) is 9.02. The smallest absolute Gasteiger partial charge is 0.224 e. The summed E-state index contributed by atoms with van der Waals surface area (Å²) in [5.41, 5.74) is 5.73. The Hall–Kier alpha value is -0.650. The molecule has 5 nitrogen and oxygen atoms in total. The van der Waals surface area contributed by atoms with Gasteiger partial charge in [0, 0.05) is 38.1 Å². The number of piperidine rings is 1. The van der Waals surface area contributed by atoms with Crippen LogP contribution < -0.4 is 11.1 Å². The van der Waals surface area contributed by atoms with Crippen molar-refractivity contribution < 1.29 is 9.90 Å². The van der Waals surface area contributed by atoms with Gasteiger partial charge in [-0.1, -0.05) is 0 Å². The molecule has 0 aromatic heterocycles. The van der Waals surface area contributed by atoms with Gasteiger partial charge in [-0.2, -0.15) is 0 Å². The molecule has 0 aromatic rings. The van der Waals surface area contributed by atoms with Crippen LogP contribution in [0.15, 0.2) is 0 Å². The van der Waals surface area contributed by atoms with Crippen molar-refractivity contribution in [3.8, 4) is 0 Å². The number of aliphatic hydroxyl groups is 1. The molecule has 0 aliphatic carbocycles. The molecule has 4 N–H and O–H groups in total. The number of amides is 1. The molecule has 1 aliphatic rings. The van der Waals surface area contributed by atoms with Crippen LogP contribution >= 0.6 is 0 Å². The standard InChI is InChI=1S/C14H29N3O2/c1-11(8-12(2)18)16-13(10-15)9-14(19)17-6-4-3-5-7-17/h11-13,16,18H,3-10,15H2,1-2H3. The third-order valence-corrected chi connectivity index (χ3v) is 3.63. The highest BCUT2D eigenvalue weighted by atomic mass is 16.3. The van der Waals surface area contributed by atoms with Gasteiger partial charge in [-0.05, 0) is 39.5 Å². The SMILES string of the molecule is CC(O)CC(C)NC(CN)CC(=O)N1CCCCC1. The van der Waals surface area contributed by atoms with Gasteiger partial charge >= 0.3 is 0 Å². The highest BCUT2D eigenvalue weighted by Crippen LogP contribution is 2.11. The first-order valence-corrected chi connectivity index (χ1v) is 7.45. The second-order valence-corrected chi connectivity index (χ2v) is 5.73. The zero-order valence-electron chi connectivity index (χ0n) is 12.3. The zero-order chi connectivity index (χ0) is 14.3. The highest BCUT2D eigenvalue weighted by molar-refractivity contribution is 5.76. The van der Waals surface area contributed by atoms with Crippen molar-refractivity contribution in [3.05, 3.63) is 0 Å². The highest BCUT2D eigenvalue weighted by Gasteiger charge is 2.21. The third-order valence-electron chi connectivity index (χ3n) is 3.63. The molecular weight excluding hydrogens is 242 g/mol. The van der Waals surface area contributed by atoms with E-state index in [2.05, 4.69) is 5.32 Å². The Kier molecular flexibility index (Phi) is 7.34. The van der Waals surface area contributed by atoms with Gasteiger partial charge in [-0.25, -0.2) is 0 Å². The van der Waals surface area contributed by atoms with E-state index in [9.17, 15) is 9.90 Å². The second kappa shape index (κ2) is 8.51. The molecule has 1 heterocycles. The number of nitrogens with zero attached hydrogens (tertiary/aromatic N) is 1. The minimum Gasteiger partial charge on any atom is -0.393 e. The lowest BCUT2D eigenvalue weighted by molar-refractivity contribution is -0.132. The predicted octanol–water partition coefficient (Wildman–Crippen LogP) is 0.465. The van der Waals surface area contributed by atoms with Crippen LogP contribution in [0.4, 0.5) is 0 Å². The number of aliphatic hydroxyl groups excluding tert-OH is 1. The molecule has 1 rings (SSSR count). The minimum atomic E-state index is -0.335. The molecule has 1 amide bonds. The van der Waals surface area contributed by atoms with Crippen molar-refractivity contribution in [1.82, 2.24) is 10.2 Å². The molecule has 0 radical (unpaired) electrons. The maximum absolute atomic E-state index is 12.2. The Morgan fingerprint density at radius 1 is 1.32 bits per heavy atom. The number of carbonyl (C=O) groups is 1. The van der Waals surface area contributed by atoms with E-state index in [1.54, 1.807) is 6.92 Å². The summed E-state index contributed by atoms with van der Waals surface area (Å²) in [6, 6.07) is 0.172. The summed E-state index contributed by atoms with van der Waals surface area (Å²) in [7, 11) is 0. The zero-order valence-corrected chi connectivity index (χ0v) is 12.3. The van der Waals surface area contributed by atoms with E-state index in [0.717, 1.165) is 25.9 Å². The molecule has 112 valence electrons. The summed E-state index contributed by atoms with van der Waals surface area (Å²) in [6.07, 6.45) is 4.26. The van der Waals surface area contributed by atoms with Gasteiger partial charge in [-0.15, -0.1) is 0 Å². The summed E-state index contributed by atoms with van der Waals surface area (Å²) >= 11 is 0. The van der Waals surface area contributed by atoms with Crippen molar-refractivity contribution in [3.63, 3.8) is 0 Å². The number of carbonyl (C=O) groups excluding carboxylic acids is 1. The Labute approximate surface area is 116 Å². The normalized spacial score (nSPS) is 20.9. The molecule has 3 unspecified atom stereocenters. The quantitative estimate of drug-likeness (QED) is 0.629. The van der Waals surface area contributed by atoms with Gasteiger partial charge in [0.05, 0.1) is 6.10 Å². The fraction of sp³-hybridized carbons (Fsp3) is 0.929. The number of hydrogen-bond acceptors (Lipinski definition) is 4. The lowest BCUT2D eigenvalue weighted by Crippen LogP contribution is -2.46. The van der Waals surface area contributed by atoms with Crippen LogP contribution in [0.2, 0.25) is 0 Å². The van der Waals surface area contributed by atoms with E-state index < -0.39 is 0 Å². The second-order valence-electron chi connectivity index (χ2n) is 5.73. The largest absolute Gasteiger partial charge is 0.393 e. The van der Waals surface area contributed by atoms with Crippen LogP contribution in [0.5, 0.6) is 0 Å². The molecule has 1 fully saturated rings. The maximum Gasteiger partial charge on any atom is 0.224 e. The van der Waals surface area contributed by atoms with Gasteiger partial charge in [0.2, 0.25) is 5.91 Å². The first-order valence-electron chi connectivity index (χ1n) is 7.45. The van der Waals surface area contributed by atoms with Crippen LogP contribution in [-0.4, -0.2) is 53.7 Å². The van der Waals surface area contributed by atoms with E-state index in [1.165, 1.54) is 6.42 Å². The van der Waals surface area contributed by atoms with Crippen LogP contribution in [0.3, 0.4) is 0 Å². The molecule has 0 spiro atoms. The molecule has 5 heteroatoms. The summed E-state index contributed by atoms with van der Waals surface area (Å²) in [4.78, 5) is 14.1. The molecule has 3 atom stereocenters. The monoisotopic (exact) mass is 271 g/mol. The van der Waals surface area contributed by atoms with Crippen LogP contribution in [0, 0.1) is 0 Å². The Balaban J connectivity index is 2.35. The van der Waals surface area contributed by atoms with Gasteiger partial charge in [-0.3, -0.25) is 4.79 Å². The summed E-state index contributed by atoms with van der Waals surface area (Å²) in [6.45, 7) is 6.01. The molecule has 1 saturated heterocycles. The van der Waals surface area contributed by atoms with Gasteiger partial charge in [0.25, 0.3) is 0 Å². The summed E-state index contributed by atoms with van der Waals surface area (Å²) in [5, 5.41) is 12.7. The van der Waals surface area contributed by atoms with E-state index in [4.69, 9.17) is 5.73 Å². The Morgan fingerprint density at radius 2 is 1.95 bits per heavy atom. The van der Waals surface area contributed by atoms with Gasteiger partial charge in [0.15, 0.2) is 0 Å². The van der Waals surface area contributed by atoms with E-state index >= 15 is 0 Å². The van der Waals surface area contributed by atoms with E-state index in [-0.39, 0.29) is 24.1 Å². The molecule has 0 saturated carbocycles. The lowest BCUT2D eigenvalue weighted by Gasteiger charge is -2.29. The number of nitrogens with one attached hydrogen (secondary N) is 1. The average molecular weight is 271 g/mol.